The second-order valence-electron chi connectivity index (χ2n) is 4.59. The van der Waals surface area contributed by atoms with Gasteiger partial charge in [0.05, 0.1) is 18.5 Å². The van der Waals surface area contributed by atoms with Gasteiger partial charge in [-0.3, -0.25) is 0 Å². The van der Waals surface area contributed by atoms with Crippen molar-refractivity contribution in [2.45, 2.75) is 13.3 Å². The van der Waals surface area contributed by atoms with Crippen molar-refractivity contribution >= 4 is 11.4 Å². The highest BCUT2D eigenvalue weighted by molar-refractivity contribution is 5.72. The SMILES string of the molecule is COc1cccc(NCCc2cccc(C)c2)c1N. The molecule has 3 heteroatoms. The van der Waals surface area contributed by atoms with Crippen LogP contribution in [0.25, 0.3) is 0 Å². The predicted molar refractivity (Wildman–Crippen MR) is 80.8 cm³/mol. The molecule has 0 amide bonds. The monoisotopic (exact) mass is 256 g/mol. The minimum Gasteiger partial charge on any atom is -0.495 e. The van der Waals surface area contributed by atoms with E-state index in [0.717, 1.165) is 18.7 Å². The summed E-state index contributed by atoms with van der Waals surface area (Å²) in [5.41, 5.74) is 10.2. The number of para-hydroxylation sites is 1. The molecular formula is C16H20N2O. The van der Waals surface area contributed by atoms with E-state index in [1.54, 1.807) is 7.11 Å². The molecule has 2 aromatic carbocycles. The van der Waals surface area contributed by atoms with Crippen molar-refractivity contribution in [2.75, 3.05) is 24.7 Å². The van der Waals surface area contributed by atoms with Crippen LogP contribution < -0.4 is 15.8 Å². The molecule has 0 unspecified atom stereocenters. The zero-order chi connectivity index (χ0) is 13.7. The third-order valence-electron chi connectivity index (χ3n) is 3.10. The minimum absolute atomic E-state index is 0.661. The summed E-state index contributed by atoms with van der Waals surface area (Å²) in [5.74, 6) is 0.709. The lowest BCUT2D eigenvalue weighted by molar-refractivity contribution is 0.417. The molecule has 0 aliphatic rings. The Morgan fingerprint density at radius 3 is 2.68 bits per heavy atom. The highest BCUT2D eigenvalue weighted by atomic mass is 16.5. The Morgan fingerprint density at radius 1 is 1.16 bits per heavy atom. The topological polar surface area (TPSA) is 47.3 Å². The van der Waals surface area contributed by atoms with Crippen LogP contribution in [0.3, 0.4) is 0 Å². The molecule has 0 saturated carbocycles. The summed E-state index contributed by atoms with van der Waals surface area (Å²) in [7, 11) is 1.63. The van der Waals surface area contributed by atoms with Crippen molar-refractivity contribution in [3.8, 4) is 5.75 Å². The van der Waals surface area contributed by atoms with Gasteiger partial charge >= 0.3 is 0 Å². The van der Waals surface area contributed by atoms with E-state index in [1.807, 2.05) is 18.2 Å². The number of nitrogens with two attached hydrogens (primary N) is 1. The predicted octanol–water partition coefficient (Wildman–Crippen LogP) is 3.24. The van der Waals surface area contributed by atoms with Crippen LogP contribution in [-0.2, 0) is 6.42 Å². The zero-order valence-corrected chi connectivity index (χ0v) is 11.4. The summed E-state index contributed by atoms with van der Waals surface area (Å²) in [4.78, 5) is 0. The fourth-order valence-corrected chi connectivity index (χ4v) is 2.09. The second-order valence-corrected chi connectivity index (χ2v) is 4.59. The van der Waals surface area contributed by atoms with Gasteiger partial charge in [-0.05, 0) is 31.0 Å². The van der Waals surface area contributed by atoms with Crippen molar-refractivity contribution in [1.82, 2.24) is 0 Å². The van der Waals surface area contributed by atoms with Crippen LogP contribution in [0.4, 0.5) is 11.4 Å². The highest BCUT2D eigenvalue weighted by Crippen LogP contribution is 2.28. The molecule has 0 bridgehead atoms. The average Bonchev–Trinajstić information content (AvgIpc) is 2.41. The van der Waals surface area contributed by atoms with Crippen LogP contribution >= 0.6 is 0 Å². The molecule has 0 aliphatic carbocycles. The van der Waals surface area contributed by atoms with Crippen molar-refractivity contribution in [3.63, 3.8) is 0 Å². The van der Waals surface area contributed by atoms with E-state index in [-0.39, 0.29) is 0 Å². The molecule has 3 N–H and O–H groups in total. The molecule has 0 aliphatic heterocycles. The maximum atomic E-state index is 6.01. The van der Waals surface area contributed by atoms with Crippen molar-refractivity contribution in [3.05, 3.63) is 53.6 Å². The number of ether oxygens (including phenoxy) is 1. The highest BCUT2D eigenvalue weighted by Gasteiger charge is 2.04. The lowest BCUT2D eigenvalue weighted by atomic mass is 10.1. The lowest BCUT2D eigenvalue weighted by Gasteiger charge is -2.12. The van der Waals surface area contributed by atoms with E-state index < -0.39 is 0 Å². The first-order valence-electron chi connectivity index (χ1n) is 6.42. The van der Waals surface area contributed by atoms with Gasteiger partial charge in [-0.1, -0.05) is 35.9 Å². The number of nitrogens with one attached hydrogen (secondary N) is 1. The minimum atomic E-state index is 0.661. The van der Waals surface area contributed by atoms with Crippen LogP contribution in [0.5, 0.6) is 5.75 Å². The van der Waals surface area contributed by atoms with Crippen LogP contribution in [0.1, 0.15) is 11.1 Å². The van der Waals surface area contributed by atoms with Gasteiger partial charge in [0.2, 0.25) is 0 Å². The van der Waals surface area contributed by atoms with Gasteiger partial charge in [0.1, 0.15) is 5.75 Å². The van der Waals surface area contributed by atoms with Crippen LogP contribution in [0.15, 0.2) is 42.5 Å². The molecule has 2 rings (SSSR count). The number of nitrogen functional groups attached to an aromatic ring is 1. The molecule has 0 fully saturated rings. The summed E-state index contributed by atoms with van der Waals surface area (Å²) in [6, 6.07) is 14.3. The van der Waals surface area contributed by atoms with Gasteiger partial charge in [0.25, 0.3) is 0 Å². The number of rotatable bonds is 5. The molecule has 3 nitrogen and oxygen atoms in total. The molecule has 0 saturated heterocycles. The number of benzene rings is 2. The maximum absolute atomic E-state index is 6.01. The molecule has 100 valence electrons. The smallest absolute Gasteiger partial charge is 0.143 e. The van der Waals surface area contributed by atoms with Crippen LogP contribution in [-0.4, -0.2) is 13.7 Å². The molecule has 0 radical (unpaired) electrons. The van der Waals surface area contributed by atoms with Gasteiger partial charge in [-0.15, -0.1) is 0 Å². The molecule has 19 heavy (non-hydrogen) atoms. The Hall–Kier alpha value is -2.16. The summed E-state index contributed by atoms with van der Waals surface area (Å²) >= 11 is 0. The van der Waals surface area contributed by atoms with Gasteiger partial charge in [-0.2, -0.15) is 0 Å². The zero-order valence-electron chi connectivity index (χ0n) is 11.4. The fourth-order valence-electron chi connectivity index (χ4n) is 2.09. The number of hydrogen-bond acceptors (Lipinski definition) is 3. The molecule has 0 heterocycles. The van der Waals surface area contributed by atoms with E-state index in [1.165, 1.54) is 11.1 Å². The molecule has 0 aromatic heterocycles. The quantitative estimate of drug-likeness (QED) is 0.807. The first-order chi connectivity index (χ1) is 9.20. The molecular weight excluding hydrogens is 236 g/mol. The van der Waals surface area contributed by atoms with Gasteiger partial charge in [-0.25, -0.2) is 0 Å². The van der Waals surface area contributed by atoms with Crippen molar-refractivity contribution < 1.29 is 4.74 Å². The Morgan fingerprint density at radius 2 is 1.95 bits per heavy atom. The Labute approximate surface area is 114 Å². The van der Waals surface area contributed by atoms with Gasteiger partial charge < -0.3 is 15.8 Å². The van der Waals surface area contributed by atoms with E-state index in [2.05, 4.69) is 36.5 Å². The number of anilines is 2. The van der Waals surface area contributed by atoms with Gasteiger partial charge in [0, 0.05) is 6.54 Å². The van der Waals surface area contributed by atoms with Crippen LogP contribution in [0, 0.1) is 6.92 Å². The maximum Gasteiger partial charge on any atom is 0.143 e. The molecule has 2 aromatic rings. The second kappa shape index (κ2) is 6.14. The Balaban J connectivity index is 1.96. The van der Waals surface area contributed by atoms with E-state index >= 15 is 0 Å². The Kier molecular flexibility index (Phi) is 4.29. The Bertz CT molecular complexity index is 552. The molecule has 0 atom stereocenters. The van der Waals surface area contributed by atoms with Crippen molar-refractivity contribution in [1.29, 1.82) is 0 Å². The summed E-state index contributed by atoms with van der Waals surface area (Å²) in [6.45, 7) is 2.96. The standard InChI is InChI=1S/C16H20N2O/c1-12-5-3-6-13(11-12)9-10-18-14-7-4-8-15(19-2)16(14)17/h3-8,11,18H,9-10,17H2,1-2H3. The van der Waals surface area contributed by atoms with E-state index in [0.29, 0.717) is 11.4 Å². The largest absolute Gasteiger partial charge is 0.495 e. The summed E-state index contributed by atoms with van der Waals surface area (Å²) in [5, 5.41) is 3.35. The van der Waals surface area contributed by atoms with Gasteiger partial charge in [0.15, 0.2) is 0 Å². The van der Waals surface area contributed by atoms with Crippen LogP contribution in [0.2, 0.25) is 0 Å². The third kappa shape index (κ3) is 3.41. The average molecular weight is 256 g/mol. The summed E-state index contributed by atoms with van der Waals surface area (Å²) in [6.07, 6.45) is 0.971. The normalized spacial score (nSPS) is 10.2. The fraction of sp³-hybridized carbons (Fsp3) is 0.250. The van der Waals surface area contributed by atoms with E-state index in [4.69, 9.17) is 10.5 Å². The number of methoxy groups -OCH3 is 1. The third-order valence-corrected chi connectivity index (χ3v) is 3.10. The number of aryl methyl sites for hydroxylation is 1. The summed E-state index contributed by atoms with van der Waals surface area (Å²) < 4.78 is 5.20. The lowest BCUT2D eigenvalue weighted by Crippen LogP contribution is -2.07. The molecule has 0 spiro atoms. The first-order valence-corrected chi connectivity index (χ1v) is 6.42. The van der Waals surface area contributed by atoms with Crippen molar-refractivity contribution in [2.24, 2.45) is 0 Å². The number of hydrogen-bond donors (Lipinski definition) is 2. The first kappa shape index (κ1) is 13.3. The van der Waals surface area contributed by atoms with E-state index in [9.17, 15) is 0 Å².